The lowest BCUT2D eigenvalue weighted by Gasteiger charge is -2.29. The highest BCUT2D eigenvalue weighted by Gasteiger charge is 2.33. The summed E-state index contributed by atoms with van der Waals surface area (Å²) < 4.78 is 61.7. The Morgan fingerprint density at radius 2 is 1.84 bits per heavy atom. The Kier molecular flexibility index (Phi) is 8.20. The Labute approximate surface area is 230 Å². The monoisotopic (exact) mass is 577 g/mol. The van der Waals surface area contributed by atoms with Gasteiger partial charge >= 0.3 is 0 Å². The molecule has 0 aliphatic heterocycles. The lowest BCUT2D eigenvalue weighted by Crippen LogP contribution is -2.42. The van der Waals surface area contributed by atoms with Gasteiger partial charge in [-0.05, 0) is 64.4 Å². The van der Waals surface area contributed by atoms with Crippen LogP contribution in [0, 0.1) is 5.82 Å². The molecule has 202 valence electrons. The van der Waals surface area contributed by atoms with E-state index in [4.69, 9.17) is 16.1 Å². The zero-order valence-corrected chi connectivity index (χ0v) is 24.0. The fourth-order valence-electron chi connectivity index (χ4n) is 3.84. The van der Waals surface area contributed by atoms with Gasteiger partial charge in [-0.15, -0.1) is 4.72 Å². The van der Waals surface area contributed by atoms with Gasteiger partial charge in [-0.3, -0.25) is 0 Å². The lowest BCUT2D eigenvalue weighted by atomic mass is 9.94. The summed E-state index contributed by atoms with van der Waals surface area (Å²) in [5, 5.41) is 4.58. The lowest BCUT2D eigenvalue weighted by molar-refractivity contribution is 0.459. The van der Waals surface area contributed by atoms with Gasteiger partial charge in [0.25, 0.3) is 0 Å². The summed E-state index contributed by atoms with van der Waals surface area (Å²) in [5.41, 5.74) is 2.35. The van der Waals surface area contributed by atoms with Gasteiger partial charge in [-0.1, -0.05) is 41.0 Å². The second-order valence-electron chi connectivity index (χ2n) is 10.2. The molecule has 0 aliphatic carbocycles. The Bertz CT molecular complexity index is 1570. The molecule has 38 heavy (non-hydrogen) atoms. The van der Waals surface area contributed by atoms with Crippen molar-refractivity contribution in [1.29, 1.82) is 0 Å². The van der Waals surface area contributed by atoms with E-state index < -0.39 is 43.1 Å². The summed E-state index contributed by atoms with van der Waals surface area (Å²) in [4.78, 5) is 4.20. The maximum absolute atomic E-state index is 15.0. The van der Waals surface area contributed by atoms with Gasteiger partial charge in [-0.2, -0.15) is 0 Å². The molecule has 2 aromatic carbocycles. The van der Waals surface area contributed by atoms with Crippen molar-refractivity contribution < 1.29 is 21.9 Å². The third-order valence-corrected chi connectivity index (χ3v) is 9.93. The molecule has 2 heterocycles. The molecule has 0 saturated heterocycles. The summed E-state index contributed by atoms with van der Waals surface area (Å²) in [5.74, 6) is -0.653. The van der Waals surface area contributed by atoms with E-state index in [1.807, 2.05) is 45.0 Å². The molecule has 0 aliphatic rings. The molecule has 2 unspecified atom stereocenters. The quantitative estimate of drug-likeness (QED) is 0.248. The zero-order chi connectivity index (χ0) is 27.8. The van der Waals surface area contributed by atoms with E-state index in [1.54, 1.807) is 32.0 Å². The molecule has 0 amide bonds. The smallest absolute Gasteiger partial charge is 0.197 e. The van der Waals surface area contributed by atoms with Crippen LogP contribution in [-0.4, -0.2) is 33.1 Å². The molecular formula is C27H29ClFN3O4S2. The first-order valence-electron chi connectivity index (χ1n) is 12.0. The predicted octanol–water partition coefficient (Wildman–Crippen LogP) is 6.20. The summed E-state index contributed by atoms with van der Waals surface area (Å²) in [7, 11) is -3.73. The summed E-state index contributed by atoms with van der Waals surface area (Å²) in [6.07, 6.45) is -0.0618. The third kappa shape index (κ3) is 5.89. The average Bonchev–Trinajstić information content (AvgIpc) is 3.26. The van der Waals surface area contributed by atoms with Crippen molar-refractivity contribution in [3.8, 4) is 11.3 Å². The van der Waals surface area contributed by atoms with Crippen molar-refractivity contribution >= 4 is 43.8 Å². The summed E-state index contributed by atoms with van der Waals surface area (Å²) in [6, 6.07) is 14.1. The van der Waals surface area contributed by atoms with E-state index >= 15 is 4.39 Å². The highest BCUT2D eigenvalue weighted by molar-refractivity contribution is 7.92. The Morgan fingerprint density at radius 3 is 2.53 bits per heavy atom. The van der Waals surface area contributed by atoms with Crippen LogP contribution in [0.4, 0.5) is 4.39 Å². The van der Waals surface area contributed by atoms with Crippen molar-refractivity contribution in [2.75, 3.05) is 0 Å². The van der Waals surface area contributed by atoms with Crippen LogP contribution in [0.5, 0.6) is 0 Å². The highest BCUT2D eigenvalue weighted by Crippen LogP contribution is 2.36. The van der Waals surface area contributed by atoms with E-state index in [0.717, 1.165) is 11.5 Å². The van der Waals surface area contributed by atoms with E-state index in [0.29, 0.717) is 27.4 Å². The van der Waals surface area contributed by atoms with E-state index in [-0.39, 0.29) is 17.1 Å². The number of aromatic nitrogens is 2. The largest absolute Gasteiger partial charge is 0.598 e. The first kappa shape index (κ1) is 28.5. The predicted molar refractivity (Wildman–Crippen MR) is 148 cm³/mol. The molecule has 2 aromatic heterocycles. The molecule has 0 saturated carbocycles. The topological polar surface area (TPSA) is 108 Å². The molecule has 1 N–H and O–H groups in total. The van der Waals surface area contributed by atoms with E-state index in [1.165, 1.54) is 6.07 Å². The SMILES string of the molecule is CC(C)S(=O)(=O)c1ccc(F)c(CC(N[S+]([O-])C(C)(C)C)c2ccccc2-c2noc3cc(Cl)ccc23)n1. The van der Waals surface area contributed by atoms with Crippen LogP contribution in [0.15, 0.2) is 64.1 Å². The number of rotatable bonds is 8. The van der Waals surface area contributed by atoms with Crippen LogP contribution in [0.3, 0.4) is 0 Å². The maximum Gasteiger partial charge on any atom is 0.197 e. The van der Waals surface area contributed by atoms with Crippen molar-refractivity contribution in [2.24, 2.45) is 0 Å². The highest BCUT2D eigenvalue weighted by atomic mass is 35.5. The van der Waals surface area contributed by atoms with Gasteiger partial charge in [0.15, 0.2) is 20.4 Å². The van der Waals surface area contributed by atoms with Crippen molar-refractivity contribution in [2.45, 2.75) is 62.1 Å². The normalized spacial score (nSPS) is 14.2. The van der Waals surface area contributed by atoms with Crippen LogP contribution in [0.2, 0.25) is 5.02 Å². The first-order valence-corrected chi connectivity index (χ1v) is 15.1. The number of nitrogens with one attached hydrogen (secondary N) is 1. The minimum absolute atomic E-state index is 0.0540. The fraction of sp³-hybridized carbons (Fsp3) is 0.333. The molecule has 4 rings (SSSR count). The molecule has 4 aromatic rings. The number of pyridine rings is 1. The number of benzene rings is 2. The first-order chi connectivity index (χ1) is 17.8. The molecule has 0 radical (unpaired) electrons. The standard InChI is InChI=1S/C27H29ClFN3O4S2/c1-16(2)38(34,35)25-13-12-21(29)23(30-25)15-22(32-37(33)27(3,4)5)18-8-6-7-9-19(18)26-20-11-10-17(28)14-24(20)36-31-26/h6-14,16,22,32H,15H2,1-5H3. The number of fused-ring (bicyclic) bond motifs is 1. The number of nitrogens with zero attached hydrogens (tertiary/aromatic N) is 2. The molecule has 0 fully saturated rings. The Morgan fingerprint density at radius 1 is 1.13 bits per heavy atom. The number of hydrogen-bond donors (Lipinski definition) is 1. The minimum atomic E-state index is -3.73. The summed E-state index contributed by atoms with van der Waals surface area (Å²) >= 11 is 4.57. The maximum atomic E-state index is 15.0. The number of sulfone groups is 1. The second-order valence-corrected chi connectivity index (χ2v) is 15.1. The van der Waals surface area contributed by atoms with Gasteiger partial charge in [0, 0.05) is 39.8 Å². The molecule has 7 nitrogen and oxygen atoms in total. The van der Waals surface area contributed by atoms with Gasteiger partial charge in [0.05, 0.1) is 17.0 Å². The van der Waals surface area contributed by atoms with Crippen molar-refractivity contribution in [1.82, 2.24) is 14.9 Å². The van der Waals surface area contributed by atoms with Crippen LogP contribution < -0.4 is 4.72 Å². The van der Waals surface area contributed by atoms with Gasteiger partial charge in [0.1, 0.15) is 16.3 Å². The summed E-state index contributed by atoms with van der Waals surface area (Å²) in [6.45, 7) is 8.55. The zero-order valence-electron chi connectivity index (χ0n) is 21.7. The molecule has 0 bridgehead atoms. The third-order valence-electron chi connectivity index (χ3n) is 6.03. The fourth-order valence-corrected chi connectivity index (χ4v) is 5.81. The average molecular weight is 578 g/mol. The van der Waals surface area contributed by atoms with E-state index in [2.05, 4.69) is 14.9 Å². The van der Waals surface area contributed by atoms with Crippen LogP contribution in [0.1, 0.15) is 51.9 Å². The molecule has 2 atom stereocenters. The second kappa shape index (κ2) is 10.9. The number of halogens is 2. The number of hydrogen-bond acceptors (Lipinski definition) is 7. The molecule has 11 heteroatoms. The van der Waals surface area contributed by atoms with Gasteiger partial charge < -0.3 is 9.08 Å². The van der Waals surface area contributed by atoms with Crippen LogP contribution >= 0.6 is 11.6 Å². The van der Waals surface area contributed by atoms with Gasteiger partial charge in [0.2, 0.25) is 0 Å². The van der Waals surface area contributed by atoms with Crippen molar-refractivity contribution in [3.05, 3.63) is 76.7 Å². The molecular weight excluding hydrogens is 549 g/mol. The minimum Gasteiger partial charge on any atom is -0.598 e. The van der Waals surface area contributed by atoms with Crippen LogP contribution in [-0.2, 0) is 27.6 Å². The Hall–Kier alpha value is -2.50. The van der Waals surface area contributed by atoms with E-state index in [9.17, 15) is 13.0 Å². The van der Waals surface area contributed by atoms with Gasteiger partial charge in [-0.25, -0.2) is 17.8 Å². The van der Waals surface area contributed by atoms with Crippen LogP contribution in [0.25, 0.3) is 22.2 Å². The van der Waals surface area contributed by atoms with Crippen molar-refractivity contribution in [3.63, 3.8) is 0 Å². The Balaban J connectivity index is 1.84. The molecule has 0 spiro atoms.